The highest BCUT2D eigenvalue weighted by molar-refractivity contribution is 5.88. The number of ether oxygens (including phenoxy) is 1. The van der Waals surface area contributed by atoms with Crippen molar-refractivity contribution in [3.8, 4) is 5.75 Å². The number of carboxylic acid groups (broad SMARTS) is 1. The summed E-state index contributed by atoms with van der Waals surface area (Å²) in [7, 11) is 1.64. The number of carboxylic acids is 1. The Hall–Kier alpha value is -2.83. The summed E-state index contributed by atoms with van der Waals surface area (Å²) in [5.74, 6) is -0.0276. The van der Waals surface area contributed by atoms with Crippen molar-refractivity contribution in [2.75, 3.05) is 20.2 Å². The van der Waals surface area contributed by atoms with Crippen molar-refractivity contribution >= 4 is 11.9 Å². The molecule has 1 aromatic heterocycles. The Balaban J connectivity index is 1.65. The van der Waals surface area contributed by atoms with Gasteiger partial charge in [-0.25, -0.2) is 4.79 Å². The fraction of sp³-hybridized carbons (Fsp3) is 0.500. The average molecular weight is 399 g/mol. The number of benzene rings is 1. The van der Waals surface area contributed by atoms with Gasteiger partial charge in [-0.2, -0.15) is 5.10 Å². The van der Waals surface area contributed by atoms with E-state index in [0.717, 1.165) is 24.2 Å². The second-order valence-electron chi connectivity index (χ2n) is 8.29. The zero-order valence-electron chi connectivity index (χ0n) is 17.5. The number of rotatable bonds is 6. The molecule has 1 aliphatic heterocycles. The number of likely N-dealkylation sites (tertiary alicyclic amines) is 1. The lowest BCUT2D eigenvalue weighted by Crippen LogP contribution is -2.46. The lowest BCUT2D eigenvalue weighted by molar-refractivity contribution is -0.141. The molecule has 7 nitrogen and oxygen atoms in total. The van der Waals surface area contributed by atoms with E-state index in [1.165, 1.54) is 6.20 Å². The molecule has 7 heteroatoms. The molecule has 1 N–H and O–H groups in total. The maximum atomic E-state index is 13.2. The third kappa shape index (κ3) is 4.28. The molecule has 0 radical (unpaired) electrons. The van der Waals surface area contributed by atoms with Crippen molar-refractivity contribution in [2.45, 2.75) is 46.1 Å². The average Bonchev–Trinajstić information content (AvgIpc) is 3.09. The Kier molecular flexibility index (Phi) is 5.96. The van der Waals surface area contributed by atoms with E-state index >= 15 is 0 Å². The molecule has 0 aliphatic carbocycles. The van der Waals surface area contributed by atoms with Crippen LogP contribution in [0.1, 0.15) is 54.3 Å². The molecule has 0 bridgehead atoms. The summed E-state index contributed by atoms with van der Waals surface area (Å²) in [4.78, 5) is 26.4. The smallest absolute Gasteiger partial charge is 0.339 e. The van der Waals surface area contributed by atoms with Crippen molar-refractivity contribution in [3.05, 3.63) is 47.3 Å². The number of aromatic carboxylic acids is 1. The van der Waals surface area contributed by atoms with Crippen molar-refractivity contribution < 1.29 is 19.4 Å². The quantitative estimate of drug-likeness (QED) is 0.805. The number of hydrogen-bond donors (Lipinski definition) is 1. The molecule has 2 heterocycles. The number of carbonyl (C=O) groups is 2. The second-order valence-corrected chi connectivity index (χ2v) is 8.29. The Morgan fingerprint density at radius 3 is 2.48 bits per heavy atom. The molecular weight excluding hydrogens is 370 g/mol. The van der Waals surface area contributed by atoms with Crippen LogP contribution in [0.15, 0.2) is 30.5 Å². The summed E-state index contributed by atoms with van der Waals surface area (Å²) < 4.78 is 7.23. The molecule has 1 saturated heterocycles. The van der Waals surface area contributed by atoms with Crippen molar-refractivity contribution in [3.63, 3.8) is 0 Å². The molecule has 1 fully saturated rings. The van der Waals surface area contributed by atoms with Gasteiger partial charge in [-0.05, 0) is 37.8 Å². The zero-order chi connectivity index (χ0) is 21.2. The summed E-state index contributed by atoms with van der Waals surface area (Å²) in [5, 5.41) is 13.5. The zero-order valence-corrected chi connectivity index (χ0v) is 17.5. The lowest BCUT2D eigenvalue weighted by atomic mass is 9.83. The number of nitrogens with zero attached hydrogens (tertiary/aromatic N) is 3. The molecule has 29 heavy (non-hydrogen) atoms. The Bertz CT molecular complexity index is 895. The predicted molar refractivity (Wildman–Crippen MR) is 109 cm³/mol. The van der Waals surface area contributed by atoms with Gasteiger partial charge in [-0.3, -0.25) is 9.48 Å². The number of methoxy groups -OCH3 is 1. The minimum atomic E-state index is -0.959. The number of aromatic nitrogens is 2. The third-order valence-corrected chi connectivity index (χ3v) is 5.78. The van der Waals surface area contributed by atoms with Crippen LogP contribution in [0.2, 0.25) is 0 Å². The molecule has 1 amide bonds. The van der Waals surface area contributed by atoms with E-state index in [9.17, 15) is 14.7 Å². The van der Waals surface area contributed by atoms with Gasteiger partial charge in [0.15, 0.2) is 0 Å². The van der Waals surface area contributed by atoms with Crippen LogP contribution in [-0.2, 0) is 11.2 Å². The Morgan fingerprint density at radius 2 is 1.90 bits per heavy atom. The number of para-hydroxylation sites is 1. The highest BCUT2D eigenvalue weighted by Gasteiger charge is 2.35. The minimum absolute atomic E-state index is 0.115. The van der Waals surface area contributed by atoms with Gasteiger partial charge >= 0.3 is 5.97 Å². The molecule has 0 atom stereocenters. The molecule has 1 aromatic carbocycles. The summed E-state index contributed by atoms with van der Waals surface area (Å²) >= 11 is 0. The number of carbonyl (C=O) groups excluding carboxylic acids is 1. The van der Waals surface area contributed by atoms with Crippen molar-refractivity contribution in [2.24, 2.45) is 5.41 Å². The summed E-state index contributed by atoms with van der Waals surface area (Å²) in [6.45, 7) is 7.01. The van der Waals surface area contributed by atoms with Crippen LogP contribution >= 0.6 is 0 Å². The second kappa shape index (κ2) is 8.27. The fourth-order valence-corrected chi connectivity index (χ4v) is 4.14. The molecule has 3 rings (SSSR count). The fourth-order valence-electron chi connectivity index (χ4n) is 4.14. The van der Waals surface area contributed by atoms with E-state index < -0.39 is 11.4 Å². The van der Waals surface area contributed by atoms with Gasteiger partial charge in [0.05, 0.1) is 25.0 Å². The Morgan fingerprint density at radius 1 is 1.24 bits per heavy atom. The monoisotopic (exact) mass is 399 g/mol. The first-order chi connectivity index (χ1) is 13.7. The van der Waals surface area contributed by atoms with E-state index in [4.69, 9.17) is 4.74 Å². The van der Waals surface area contributed by atoms with Gasteiger partial charge in [-0.1, -0.05) is 32.0 Å². The van der Waals surface area contributed by atoms with Crippen molar-refractivity contribution in [1.82, 2.24) is 14.7 Å². The first-order valence-corrected chi connectivity index (χ1v) is 9.93. The summed E-state index contributed by atoms with van der Waals surface area (Å²) in [6, 6.07) is 7.92. The Labute approximate surface area is 171 Å². The highest BCUT2D eigenvalue weighted by atomic mass is 16.5. The predicted octanol–water partition coefficient (Wildman–Crippen LogP) is 3.33. The molecule has 0 unspecified atom stereocenters. The number of hydrogen-bond acceptors (Lipinski definition) is 4. The molecular formula is C22H29N3O4. The molecule has 156 valence electrons. The van der Waals surface area contributed by atoms with Gasteiger partial charge in [0.2, 0.25) is 5.91 Å². The molecule has 2 aromatic rings. The van der Waals surface area contributed by atoms with Gasteiger partial charge in [-0.15, -0.1) is 0 Å². The van der Waals surface area contributed by atoms with Crippen LogP contribution < -0.4 is 4.74 Å². The number of piperidine rings is 1. The topological polar surface area (TPSA) is 84.7 Å². The van der Waals surface area contributed by atoms with Crippen LogP contribution in [0.25, 0.3) is 0 Å². The van der Waals surface area contributed by atoms with Gasteiger partial charge in [0, 0.05) is 18.5 Å². The van der Waals surface area contributed by atoms with E-state index in [0.29, 0.717) is 25.2 Å². The van der Waals surface area contributed by atoms with E-state index in [-0.39, 0.29) is 17.5 Å². The van der Waals surface area contributed by atoms with E-state index in [1.54, 1.807) is 18.7 Å². The standard InChI is InChI=1S/C22H29N3O4/c1-15-18(20(26)27)14-23-25(15)17-9-11-24(12-10-17)21(28)22(2,3)13-16-7-5-6-8-19(16)29-4/h5-8,14,17H,9-13H2,1-4H3,(H,26,27). The van der Waals surface area contributed by atoms with Crippen LogP contribution in [-0.4, -0.2) is 51.9 Å². The molecule has 1 aliphatic rings. The van der Waals surface area contributed by atoms with Crippen molar-refractivity contribution in [1.29, 1.82) is 0 Å². The first-order valence-electron chi connectivity index (χ1n) is 9.93. The maximum absolute atomic E-state index is 13.2. The first kappa shape index (κ1) is 20.9. The lowest BCUT2D eigenvalue weighted by Gasteiger charge is -2.37. The van der Waals surface area contributed by atoms with Crippen LogP contribution in [0.3, 0.4) is 0 Å². The molecule has 0 spiro atoms. The highest BCUT2D eigenvalue weighted by Crippen LogP contribution is 2.32. The largest absolute Gasteiger partial charge is 0.496 e. The summed E-state index contributed by atoms with van der Waals surface area (Å²) in [5.41, 5.74) is 1.39. The normalized spacial score (nSPS) is 15.4. The third-order valence-electron chi connectivity index (χ3n) is 5.78. The SMILES string of the molecule is COc1ccccc1CC(C)(C)C(=O)N1CCC(n2ncc(C(=O)O)c2C)CC1. The summed E-state index contributed by atoms with van der Waals surface area (Å²) in [6.07, 6.45) is 3.54. The van der Waals surface area contributed by atoms with E-state index in [1.807, 2.05) is 43.0 Å². The molecule has 0 saturated carbocycles. The maximum Gasteiger partial charge on any atom is 0.339 e. The van der Waals surface area contributed by atoms with Crippen LogP contribution in [0, 0.1) is 12.3 Å². The van der Waals surface area contributed by atoms with Crippen LogP contribution in [0.4, 0.5) is 0 Å². The van der Waals surface area contributed by atoms with Crippen LogP contribution in [0.5, 0.6) is 5.75 Å². The minimum Gasteiger partial charge on any atom is -0.496 e. The van der Waals surface area contributed by atoms with Gasteiger partial charge in [0.25, 0.3) is 0 Å². The van der Waals surface area contributed by atoms with Gasteiger partial charge < -0.3 is 14.7 Å². The number of amides is 1. The van der Waals surface area contributed by atoms with Gasteiger partial charge in [0.1, 0.15) is 11.3 Å². The van der Waals surface area contributed by atoms with E-state index in [2.05, 4.69) is 5.10 Å².